The largest absolute Gasteiger partial charge is 0.460 e. The summed E-state index contributed by atoms with van der Waals surface area (Å²) in [4.78, 5) is 19.4. The maximum atomic E-state index is 13.2. The third kappa shape index (κ3) is 4.42. The van der Waals surface area contributed by atoms with E-state index in [-0.39, 0.29) is 6.10 Å². The van der Waals surface area contributed by atoms with Gasteiger partial charge in [0.2, 0.25) is 34.8 Å². The van der Waals surface area contributed by atoms with E-state index in [2.05, 4.69) is 9.78 Å². The summed E-state index contributed by atoms with van der Waals surface area (Å²) in [6.07, 6.45) is 1.67. The molecule has 0 aliphatic heterocycles. The molecular formula is C13H11F5O4. The maximum Gasteiger partial charge on any atom is 0.330 e. The van der Waals surface area contributed by atoms with E-state index in [4.69, 9.17) is 4.74 Å². The molecule has 9 heteroatoms. The molecule has 0 saturated carbocycles. The average molecular weight is 326 g/mol. The molecule has 4 nitrogen and oxygen atoms in total. The van der Waals surface area contributed by atoms with Crippen LogP contribution in [0.4, 0.5) is 22.0 Å². The Morgan fingerprint density at radius 2 is 1.50 bits per heavy atom. The second-order valence-electron chi connectivity index (χ2n) is 4.15. The van der Waals surface area contributed by atoms with E-state index in [9.17, 15) is 26.7 Å². The molecule has 0 N–H and O–H groups in total. The molecule has 0 aliphatic carbocycles. The Bertz CT molecular complexity index is 557. The van der Waals surface area contributed by atoms with Crippen LogP contribution in [-0.4, -0.2) is 18.7 Å². The van der Waals surface area contributed by atoms with Crippen molar-refractivity contribution >= 4 is 5.97 Å². The van der Waals surface area contributed by atoms with Crippen LogP contribution in [-0.2, 0) is 14.4 Å². The van der Waals surface area contributed by atoms with Gasteiger partial charge in [0.15, 0.2) is 0 Å². The molecule has 122 valence electrons. The second-order valence-corrected chi connectivity index (χ2v) is 4.15. The van der Waals surface area contributed by atoms with Crippen molar-refractivity contribution in [3.63, 3.8) is 0 Å². The van der Waals surface area contributed by atoms with Crippen molar-refractivity contribution in [1.29, 1.82) is 0 Å². The van der Waals surface area contributed by atoms with Gasteiger partial charge in [-0.2, -0.15) is 13.7 Å². The van der Waals surface area contributed by atoms with Crippen LogP contribution in [0.25, 0.3) is 0 Å². The second kappa shape index (κ2) is 7.74. The summed E-state index contributed by atoms with van der Waals surface area (Å²) >= 11 is 0. The van der Waals surface area contributed by atoms with Crippen molar-refractivity contribution in [3.05, 3.63) is 41.2 Å². The SMILES string of the molecule is CC(C)OC(=O)/C=C/COOc1c(F)c(F)c(F)c(F)c1F. The number of rotatable bonds is 6. The average Bonchev–Trinajstić information content (AvgIpc) is 2.45. The fourth-order valence-corrected chi connectivity index (χ4v) is 1.21. The van der Waals surface area contributed by atoms with Crippen molar-refractivity contribution in [3.8, 4) is 5.75 Å². The molecule has 0 unspecified atom stereocenters. The predicted octanol–water partition coefficient (Wildman–Crippen LogP) is 3.20. The Morgan fingerprint density at radius 1 is 1.00 bits per heavy atom. The third-order valence-electron chi connectivity index (χ3n) is 2.08. The molecule has 0 saturated heterocycles. The zero-order valence-corrected chi connectivity index (χ0v) is 11.5. The molecule has 1 aromatic rings. The lowest BCUT2D eigenvalue weighted by Gasteiger charge is -2.07. The van der Waals surface area contributed by atoms with Crippen molar-refractivity contribution in [2.24, 2.45) is 0 Å². The van der Waals surface area contributed by atoms with Gasteiger partial charge in [0.1, 0.15) is 6.61 Å². The lowest BCUT2D eigenvalue weighted by atomic mass is 10.3. The molecule has 0 heterocycles. The first-order valence-electron chi connectivity index (χ1n) is 5.93. The number of esters is 1. The highest BCUT2D eigenvalue weighted by Crippen LogP contribution is 2.29. The first kappa shape index (κ1) is 17.9. The monoisotopic (exact) mass is 326 g/mol. The topological polar surface area (TPSA) is 44.8 Å². The Morgan fingerprint density at radius 3 is 2.00 bits per heavy atom. The van der Waals surface area contributed by atoms with Crippen LogP contribution in [0, 0.1) is 29.1 Å². The number of hydrogen-bond donors (Lipinski definition) is 0. The molecule has 1 aromatic carbocycles. The van der Waals surface area contributed by atoms with E-state index >= 15 is 0 Å². The molecule has 0 bridgehead atoms. The lowest BCUT2D eigenvalue weighted by molar-refractivity contribution is -0.200. The predicted molar refractivity (Wildman–Crippen MR) is 63.2 cm³/mol. The van der Waals surface area contributed by atoms with Gasteiger partial charge in [-0.3, -0.25) is 0 Å². The van der Waals surface area contributed by atoms with Gasteiger partial charge in [0.05, 0.1) is 6.10 Å². The molecule has 1 rings (SSSR count). The van der Waals surface area contributed by atoms with E-state index in [0.29, 0.717) is 0 Å². The molecule has 0 spiro atoms. The van der Waals surface area contributed by atoms with Crippen LogP contribution < -0.4 is 4.89 Å². The zero-order chi connectivity index (χ0) is 16.9. The summed E-state index contributed by atoms with van der Waals surface area (Å²) in [5, 5.41) is 0. The number of ether oxygens (including phenoxy) is 1. The molecule has 0 amide bonds. The summed E-state index contributed by atoms with van der Waals surface area (Å²) in [6, 6.07) is 0. The summed E-state index contributed by atoms with van der Waals surface area (Å²) in [7, 11) is 0. The van der Waals surface area contributed by atoms with Crippen LogP contribution in [0.2, 0.25) is 0 Å². The van der Waals surface area contributed by atoms with Gasteiger partial charge in [-0.1, -0.05) is 0 Å². The van der Waals surface area contributed by atoms with Crippen molar-refractivity contribution in [2.75, 3.05) is 6.61 Å². The van der Waals surface area contributed by atoms with E-state index in [1.165, 1.54) is 0 Å². The molecule has 0 aromatic heterocycles. The number of benzene rings is 1. The first-order valence-corrected chi connectivity index (χ1v) is 5.93. The molecule has 22 heavy (non-hydrogen) atoms. The number of carbonyl (C=O) groups excluding carboxylic acids is 1. The Labute approximate surface area is 122 Å². The van der Waals surface area contributed by atoms with Crippen molar-refractivity contribution in [2.45, 2.75) is 20.0 Å². The minimum Gasteiger partial charge on any atom is -0.460 e. The fourth-order valence-electron chi connectivity index (χ4n) is 1.21. The minimum atomic E-state index is -2.31. The summed E-state index contributed by atoms with van der Waals surface area (Å²) in [5.41, 5.74) is 0. The number of hydrogen-bond acceptors (Lipinski definition) is 4. The smallest absolute Gasteiger partial charge is 0.330 e. The van der Waals surface area contributed by atoms with Crippen LogP contribution in [0.5, 0.6) is 5.75 Å². The standard InChI is InChI=1S/C13H11F5O4/c1-6(2)21-7(19)4-3-5-20-22-13-11(17)9(15)8(14)10(16)12(13)18/h3-4,6H,5H2,1-2H3/b4-3+. The van der Waals surface area contributed by atoms with Gasteiger partial charge in [-0.25, -0.2) is 18.0 Å². The molecule has 0 fully saturated rings. The van der Waals surface area contributed by atoms with Gasteiger partial charge in [-0.05, 0) is 19.9 Å². The molecule has 0 atom stereocenters. The first-order chi connectivity index (χ1) is 10.3. The van der Waals surface area contributed by atoms with Crippen LogP contribution >= 0.6 is 0 Å². The van der Waals surface area contributed by atoms with Crippen LogP contribution in [0.3, 0.4) is 0 Å². The number of carbonyl (C=O) groups is 1. The summed E-state index contributed by atoms with van der Waals surface area (Å²) in [5.74, 6) is -13.2. The minimum absolute atomic E-state index is 0.345. The van der Waals surface area contributed by atoms with Crippen LogP contribution in [0.15, 0.2) is 12.2 Å². The zero-order valence-electron chi connectivity index (χ0n) is 11.5. The number of halogens is 5. The van der Waals surface area contributed by atoms with Gasteiger partial charge in [-0.15, -0.1) is 0 Å². The maximum absolute atomic E-state index is 13.2. The Hall–Kier alpha value is -2.16. The van der Waals surface area contributed by atoms with Gasteiger partial charge < -0.3 is 9.62 Å². The lowest BCUT2D eigenvalue weighted by Crippen LogP contribution is -2.09. The fraction of sp³-hybridized carbons (Fsp3) is 0.308. The normalized spacial score (nSPS) is 11.3. The molecule has 0 aliphatic rings. The van der Waals surface area contributed by atoms with E-state index in [1.807, 2.05) is 0 Å². The summed E-state index contributed by atoms with van der Waals surface area (Å²) < 4.78 is 69.5. The van der Waals surface area contributed by atoms with Gasteiger partial charge in [0, 0.05) is 6.08 Å². The van der Waals surface area contributed by atoms with Gasteiger partial charge >= 0.3 is 5.97 Å². The van der Waals surface area contributed by atoms with Crippen LogP contribution in [0.1, 0.15) is 13.8 Å². The van der Waals surface area contributed by atoms with Gasteiger partial charge in [0.25, 0.3) is 0 Å². The molecular weight excluding hydrogens is 315 g/mol. The third-order valence-corrected chi connectivity index (χ3v) is 2.08. The highest BCUT2D eigenvalue weighted by Gasteiger charge is 2.27. The highest BCUT2D eigenvalue weighted by molar-refractivity contribution is 5.81. The highest BCUT2D eigenvalue weighted by atomic mass is 19.2. The quantitative estimate of drug-likeness (QED) is 0.118. The Balaban J connectivity index is 2.63. The summed E-state index contributed by atoms with van der Waals surface area (Å²) in [6.45, 7) is 2.75. The van der Waals surface area contributed by atoms with E-state index in [1.54, 1.807) is 13.8 Å². The molecule has 0 radical (unpaired) electrons. The Kier molecular flexibility index (Phi) is 6.29. The van der Waals surface area contributed by atoms with Crippen molar-refractivity contribution in [1.82, 2.24) is 0 Å². The van der Waals surface area contributed by atoms with E-state index < -0.39 is 47.4 Å². The van der Waals surface area contributed by atoms with Crippen molar-refractivity contribution < 1.29 is 41.3 Å². The van der Waals surface area contributed by atoms with E-state index in [0.717, 1.165) is 12.2 Å².